The molecule has 5 heterocycles. The molecule has 0 bridgehead atoms. The van der Waals surface area contributed by atoms with Crippen LogP contribution in [0.5, 0.6) is 0 Å². The van der Waals surface area contributed by atoms with Crippen molar-refractivity contribution in [1.29, 1.82) is 0 Å². The van der Waals surface area contributed by atoms with E-state index in [0.29, 0.717) is 22.3 Å². The normalized spacial score (nSPS) is 9.81. The van der Waals surface area contributed by atoms with Gasteiger partial charge in [0.1, 0.15) is 16.9 Å². The van der Waals surface area contributed by atoms with Gasteiger partial charge in [-0.05, 0) is 48.5 Å². The van der Waals surface area contributed by atoms with Gasteiger partial charge in [-0.3, -0.25) is 36.2 Å². The van der Waals surface area contributed by atoms with Crippen molar-refractivity contribution in [2.45, 2.75) is 0 Å². The van der Waals surface area contributed by atoms with Crippen molar-refractivity contribution in [1.82, 2.24) is 30.1 Å². The van der Waals surface area contributed by atoms with Crippen LogP contribution in [0.3, 0.4) is 0 Å². The fourth-order valence-corrected chi connectivity index (χ4v) is 3.18. The highest BCUT2D eigenvalue weighted by atomic mass is 16.5. The highest BCUT2D eigenvalue weighted by Gasteiger charge is 2.20. The maximum absolute atomic E-state index is 12.2. The number of esters is 1. The number of ether oxygens (including phenoxy) is 1. The topological polar surface area (TPSA) is 193 Å². The van der Waals surface area contributed by atoms with E-state index in [1.54, 1.807) is 42.7 Å². The van der Waals surface area contributed by atoms with Gasteiger partial charge < -0.3 is 4.74 Å². The molecule has 5 N–H and O–H groups in total. The minimum Gasteiger partial charge on any atom is -0.464 e. The van der Waals surface area contributed by atoms with Crippen LogP contribution in [-0.2, 0) is 4.74 Å². The van der Waals surface area contributed by atoms with Gasteiger partial charge in [-0.2, -0.15) is 5.10 Å². The third kappa shape index (κ3) is 6.28. The van der Waals surface area contributed by atoms with Crippen LogP contribution in [-0.4, -0.2) is 49.0 Å². The number of hydrogen-bond acceptors (Lipinski definition) is 11. The number of nitrogens with one attached hydrogen (secondary N) is 1. The molecule has 12 heteroatoms. The Hall–Kier alpha value is -5.20. The van der Waals surface area contributed by atoms with Crippen LogP contribution in [0.25, 0.3) is 22.3 Å². The first-order valence-corrected chi connectivity index (χ1v) is 10.7. The number of carbonyl (C=O) groups is 2. The molecule has 0 fully saturated rings. The standard InChI is InChI=1S/C13H10N2O3.C12H8N4O.H4N2/c1-18-13(17)11-9(5-4-8-15-11)12(16)10-6-2-3-7-14-10;17-12-11-8(4-3-7-14-11)10(15-16-12)9-5-1-2-6-13-9;1-2/h2-8H,1H3;1-7H,(H,16,17);1-2H2. The molecule has 5 rings (SSSR count). The van der Waals surface area contributed by atoms with E-state index in [9.17, 15) is 14.4 Å². The van der Waals surface area contributed by atoms with Gasteiger partial charge in [0.2, 0.25) is 5.78 Å². The number of aromatic amines is 1. The summed E-state index contributed by atoms with van der Waals surface area (Å²) in [5.41, 5.74) is 1.87. The van der Waals surface area contributed by atoms with Gasteiger partial charge in [0.05, 0.1) is 18.4 Å². The summed E-state index contributed by atoms with van der Waals surface area (Å²) in [6.07, 6.45) is 6.22. The molecule has 0 unspecified atom stereocenters. The van der Waals surface area contributed by atoms with E-state index in [0.717, 1.165) is 0 Å². The molecule has 5 aromatic rings. The van der Waals surface area contributed by atoms with Crippen molar-refractivity contribution < 1.29 is 14.3 Å². The quantitative estimate of drug-likeness (QED) is 0.141. The smallest absolute Gasteiger partial charge is 0.357 e. The Labute approximate surface area is 210 Å². The summed E-state index contributed by atoms with van der Waals surface area (Å²) in [5, 5.41) is 7.17. The van der Waals surface area contributed by atoms with Crippen LogP contribution in [0.1, 0.15) is 26.5 Å². The summed E-state index contributed by atoms with van der Waals surface area (Å²) < 4.78 is 4.59. The lowest BCUT2D eigenvalue weighted by Crippen LogP contribution is -2.14. The second-order valence-corrected chi connectivity index (χ2v) is 6.95. The summed E-state index contributed by atoms with van der Waals surface area (Å²) in [7, 11) is 1.24. The van der Waals surface area contributed by atoms with Crippen molar-refractivity contribution in [3.05, 3.63) is 113 Å². The molecule has 0 aliphatic carbocycles. The first-order chi connectivity index (χ1) is 18.1. The highest BCUT2D eigenvalue weighted by Crippen LogP contribution is 2.20. The molecule has 0 atom stereocenters. The monoisotopic (exact) mass is 498 g/mol. The van der Waals surface area contributed by atoms with Crippen LogP contribution in [0.4, 0.5) is 0 Å². The fourth-order valence-electron chi connectivity index (χ4n) is 3.18. The minimum atomic E-state index is -0.644. The molecule has 0 aromatic carbocycles. The lowest BCUT2D eigenvalue weighted by molar-refractivity contribution is 0.0590. The van der Waals surface area contributed by atoms with Gasteiger partial charge in [-0.25, -0.2) is 14.9 Å². The molecule has 0 spiro atoms. The third-order valence-electron chi connectivity index (χ3n) is 4.78. The molecule has 0 aliphatic rings. The highest BCUT2D eigenvalue weighted by molar-refractivity contribution is 6.12. The number of fused-ring (bicyclic) bond motifs is 1. The molecule has 0 aliphatic heterocycles. The Morgan fingerprint density at radius 3 is 2.16 bits per heavy atom. The number of methoxy groups -OCH3 is 1. The maximum atomic E-state index is 12.2. The molecule has 186 valence electrons. The lowest BCUT2D eigenvalue weighted by Gasteiger charge is -2.05. The number of hydrazine groups is 1. The molecule has 0 radical (unpaired) electrons. The summed E-state index contributed by atoms with van der Waals surface area (Å²) in [4.78, 5) is 51.3. The number of nitrogens with zero attached hydrogens (tertiary/aromatic N) is 5. The second-order valence-electron chi connectivity index (χ2n) is 6.95. The average Bonchev–Trinajstić information content (AvgIpc) is 2.99. The van der Waals surface area contributed by atoms with E-state index in [1.807, 2.05) is 24.3 Å². The first kappa shape index (κ1) is 26.4. The number of pyridine rings is 4. The summed E-state index contributed by atoms with van der Waals surface area (Å²) in [6, 6.07) is 17.2. The molecular weight excluding hydrogens is 476 g/mol. The van der Waals surface area contributed by atoms with Crippen LogP contribution < -0.4 is 17.2 Å². The third-order valence-corrected chi connectivity index (χ3v) is 4.78. The zero-order chi connectivity index (χ0) is 26.6. The van der Waals surface area contributed by atoms with E-state index in [1.165, 1.54) is 25.6 Å². The number of ketones is 1. The van der Waals surface area contributed by atoms with Crippen LogP contribution >= 0.6 is 0 Å². The Bertz CT molecular complexity index is 1540. The lowest BCUT2D eigenvalue weighted by atomic mass is 10.1. The zero-order valence-electron chi connectivity index (χ0n) is 19.6. The summed E-state index contributed by atoms with van der Waals surface area (Å²) in [6.45, 7) is 0. The van der Waals surface area contributed by atoms with E-state index in [4.69, 9.17) is 0 Å². The number of aromatic nitrogens is 6. The minimum absolute atomic E-state index is 0.00402. The summed E-state index contributed by atoms with van der Waals surface area (Å²) >= 11 is 0. The molecule has 5 aromatic heterocycles. The number of hydrogen-bond donors (Lipinski definition) is 3. The van der Waals surface area contributed by atoms with Crippen molar-refractivity contribution in [2.75, 3.05) is 7.11 Å². The Morgan fingerprint density at radius 1 is 0.811 bits per heavy atom. The van der Waals surface area contributed by atoms with Crippen LogP contribution in [0.15, 0.2) is 90.2 Å². The number of nitrogens with two attached hydrogens (primary N) is 2. The van der Waals surface area contributed by atoms with Crippen molar-refractivity contribution in [3.8, 4) is 11.4 Å². The second kappa shape index (κ2) is 13.0. The molecule has 0 saturated carbocycles. The molecular formula is C25H22N8O4. The molecule has 12 nitrogen and oxygen atoms in total. The Morgan fingerprint density at radius 2 is 1.49 bits per heavy atom. The van der Waals surface area contributed by atoms with Gasteiger partial charge in [-0.15, -0.1) is 0 Å². The van der Waals surface area contributed by atoms with Crippen LogP contribution in [0, 0.1) is 0 Å². The summed E-state index contributed by atoms with van der Waals surface area (Å²) in [5.74, 6) is 7.00. The van der Waals surface area contributed by atoms with Gasteiger partial charge in [0.25, 0.3) is 5.56 Å². The molecule has 0 amide bonds. The van der Waals surface area contributed by atoms with Crippen molar-refractivity contribution in [2.24, 2.45) is 11.7 Å². The number of H-pyrrole nitrogens is 1. The molecule has 0 saturated heterocycles. The number of rotatable bonds is 4. The largest absolute Gasteiger partial charge is 0.464 e. The SMILES string of the molecule is COC(=O)c1ncccc1C(=O)c1ccccn1.NN.O=c1[nH]nc(-c2ccccn2)c2cccnc12. The van der Waals surface area contributed by atoms with Crippen molar-refractivity contribution in [3.63, 3.8) is 0 Å². The van der Waals surface area contributed by atoms with E-state index >= 15 is 0 Å². The molecule has 37 heavy (non-hydrogen) atoms. The van der Waals surface area contributed by atoms with E-state index in [-0.39, 0.29) is 28.3 Å². The average molecular weight is 499 g/mol. The van der Waals surface area contributed by atoms with Crippen molar-refractivity contribution >= 4 is 22.7 Å². The maximum Gasteiger partial charge on any atom is 0.357 e. The van der Waals surface area contributed by atoms with E-state index in [2.05, 4.69) is 46.6 Å². The Balaban J connectivity index is 0.000000193. The van der Waals surface area contributed by atoms with Crippen LogP contribution in [0.2, 0.25) is 0 Å². The first-order valence-electron chi connectivity index (χ1n) is 10.7. The van der Waals surface area contributed by atoms with Gasteiger partial charge in [0, 0.05) is 30.2 Å². The predicted octanol–water partition coefficient (Wildman–Crippen LogP) is 1.69. The Kier molecular flexibility index (Phi) is 9.31. The van der Waals surface area contributed by atoms with E-state index < -0.39 is 5.97 Å². The predicted molar refractivity (Wildman–Crippen MR) is 135 cm³/mol. The van der Waals surface area contributed by atoms with Gasteiger partial charge in [-0.1, -0.05) is 12.1 Å². The number of carbonyl (C=O) groups excluding carboxylic acids is 2. The fraction of sp³-hybridized carbons (Fsp3) is 0.0400. The van der Waals surface area contributed by atoms with Gasteiger partial charge in [0.15, 0.2) is 5.69 Å². The zero-order valence-corrected chi connectivity index (χ0v) is 19.6. The van der Waals surface area contributed by atoms with Gasteiger partial charge >= 0.3 is 5.97 Å².